The summed E-state index contributed by atoms with van der Waals surface area (Å²) < 4.78 is 0. The monoisotopic (exact) mass is 208 g/mol. The zero-order valence-corrected chi connectivity index (χ0v) is 8.72. The van der Waals surface area contributed by atoms with Gasteiger partial charge in [0.05, 0.1) is 0 Å². The molecular weight excluding hydrogens is 196 g/mol. The van der Waals surface area contributed by atoms with Crippen LogP contribution < -0.4 is 4.90 Å². The molecule has 1 aromatic rings. The molecule has 0 amide bonds. The molecule has 0 atom stereocenters. The third-order valence-corrected chi connectivity index (χ3v) is 2.73. The summed E-state index contributed by atoms with van der Waals surface area (Å²) in [6, 6.07) is 7.71. The lowest BCUT2D eigenvalue weighted by atomic mass is 10.1. The minimum Gasteiger partial charge on any atom is -0.330 e. The fraction of sp³-hybridized carbons (Fsp3) is 0.364. The summed E-state index contributed by atoms with van der Waals surface area (Å²) in [4.78, 5) is 2.04. The maximum Gasteiger partial charge on any atom is 0.100 e. The summed E-state index contributed by atoms with van der Waals surface area (Å²) in [5, 5.41) is 8.57. The Morgan fingerprint density at radius 2 is 2.14 bits per heavy atom. The van der Waals surface area contributed by atoms with Crippen molar-refractivity contribution in [2.24, 2.45) is 0 Å². The van der Waals surface area contributed by atoms with Crippen LogP contribution in [0.15, 0.2) is 24.3 Å². The molecule has 1 heterocycles. The molecule has 74 valence electrons. The average molecular weight is 209 g/mol. The Morgan fingerprint density at radius 1 is 1.29 bits per heavy atom. The van der Waals surface area contributed by atoms with E-state index in [9.17, 15) is 0 Å². The molecule has 0 aliphatic carbocycles. The molecule has 2 nitrogen and oxygen atoms in total. The highest BCUT2D eigenvalue weighted by Crippen LogP contribution is 2.23. The van der Waals surface area contributed by atoms with E-state index in [-0.39, 0.29) is 0 Å². The number of rotatable bonds is 1. The average Bonchev–Trinajstić information content (AvgIpc) is 2.18. The molecular formula is C11H13ClN2. The van der Waals surface area contributed by atoms with Crippen molar-refractivity contribution in [2.45, 2.75) is 19.3 Å². The standard InChI is InChI=1S/C11H13ClN2/c12-9-4-3-5-10(8-9)14-7-2-1-6-11(14)13/h3-5,8,13H,1-2,6-7H2. The summed E-state index contributed by atoms with van der Waals surface area (Å²) in [6.45, 7) is 0.944. The lowest BCUT2D eigenvalue weighted by Gasteiger charge is -2.29. The Kier molecular flexibility index (Phi) is 2.73. The number of amidine groups is 1. The summed E-state index contributed by atoms with van der Waals surface area (Å²) >= 11 is 5.91. The second kappa shape index (κ2) is 4.01. The van der Waals surface area contributed by atoms with E-state index in [4.69, 9.17) is 17.0 Å². The fourth-order valence-corrected chi connectivity index (χ4v) is 1.95. The molecule has 1 N–H and O–H groups in total. The first-order chi connectivity index (χ1) is 6.77. The molecule has 3 heteroatoms. The van der Waals surface area contributed by atoms with Crippen LogP contribution in [0.5, 0.6) is 0 Å². The number of anilines is 1. The molecule has 0 saturated carbocycles. The number of hydrogen-bond donors (Lipinski definition) is 1. The molecule has 0 aromatic heterocycles. The lowest BCUT2D eigenvalue weighted by molar-refractivity contribution is 0.707. The van der Waals surface area contributed by atoms with Gasteiger partial charge in [0, 0.05) is 23.7 Å². The second-order valence-electron chi connectivity index (χ2n) is 3.54. The highest BCUT2D eigenvalue weighted by Gasteiger charge is 2.16. The van der Waals surface area contributed by atoms with Crippen LogP contribution in [0.1, 0.15) is 19.3 Å². The number of halogens is 1. The van der Waals surface area contributed by atoms with Gasteiger partial charge in [-0.3, -0.25) is 5.41 Å². The summed E-state index contributed by atoms with van der Waals surface area (Å²) in [5.41, 5.74) is 1.04. The van der Waals surface area contributed by atoms with Gasteiger partial charge in [0.25, 0.3) is 0 Å². The molecule has 0 radical (unpaired) electrons. The Hall–Kier alpha value is -1.02. The van der Waals surface area contributed by atoms with E-state index in [0.29, 0.717) is 5.84 Å². The largest absolute Gasteiger partial charge is 0.330 e. The Labute approximate surface area is 89.0 Å². The number of nitrogens with zero attached hydrogens (tertiary/aromatic N) is 1. The van der Waals surface area contributed by atoms with Gasteiger partial charge in [-0.15, -0.1) is 0 Å². The topological polar surface area (TPSA) is 27.1 Å². The van der Waals surface area contributed by atoms with Crippen molar-refractivity contribution in [3.63, 3.8) is 0 Å². The van der Waals surface area contributed by atoms with E-state index in [1.165, 1.54) is 0 Å². The molecule has 1 aliphatic rings. The third-order valence-electron chi connectivity index (χ3n) is 2.49. The summed E-state index contributed by atoms with van der Waals surface area (Å²) in [6.07, 6.45) is 3.18. The smallest absolute Gasteiger partial charge is 0.100 e. The molecule has 0 unspecified atom stereocenters. The molecule has 1 aliphatic heterocycles. The maximum absolute atomic E-state index is 7.84. The first-order valence-corrected chi connectivity index (χ1v) is 5.26. The SMILES string of the molecule is N=C1CCCCN1c1cccc(Cl)c1. The number of hydrogen-bond acceptors (Lipinski definition) is 1. The van der Waals surface area contributed by atoms with Crippen LogP contribution in [-0.2, 0) is 0 Å². The van der Waals surface area contributed by atoms with Crippen LogP contribution in [0.2, 0.25) is 5.02 Å². The Balaban J connectivity index is 2.24. The fourth-order valence-electron chi connectivity index (χ4n) is 1.76. The van der Waals surface area contributed by atoms with Gasteiger partial charge in [-0.1, -0.05) is 17.7 Å². The number of piperidine rings is 1. The molecule has 1 fully saturated rings. The van der Waals surface area contributed by atoms with Gasteiger partial charge in [0.2, 0.25) is 0 Å². The zero-order valence-electron chi connectivity index (χ0n) is 7.96. The highest BCUT2D eigenvalue weighted by molar-refractivity contribution is 6.30. The normalized spacial score (nSPS) is 17.2. The van der Waals surface area contributed by atoms with Gasteiger partial charge in [-0.2, -0.15) is 0 Å². The van der Waals surface area contributed by atoms with E-state index < -0.39 is 0 Å². The molecule has 0 spiro atoms. The summed E-state index contributed by atoms with van der Waals surface area (Å²) in [7, 11) is 0. The van der Waals surface area contributed by atoms with Crippen LogP contribution in [0.3, 0.4) is 0 Å². The molecule has 0 bridgehead atoms. The first-order valence-electron chi connectivity index (χ1n) is 4.88. The van der Waals surface area contributed by atoms with Crippen LogP contribution in [0.25, 0.3) is 0 Å². The van der Waals surface area contributed by atoms with Crippen LogP contribution in [0, 0.1) is 5.41 Å². The van der Waals surface area contributed by atoms with E-state index in [1.54, 1.807) is 0 Å². The van der Waals surface area contributed by atoms with Gasteiger partial charge in [-0.05, 0) is 31.0 Å². The quantitative estimate of drug-likeness (QED) is 0.753. The second-order valence-corrected chi connectivity index (χ2v) is 3.97. The van der Waals surface area contributed by atoms with Crippen molar-refractivity contribution in [2.75, 3.05) is 11.4 Å². The predicted octanol–water partition coefficient (Wildman–Crippen LogP) is 3.31. The van der Waals surface area contributed by atoms with Crippen LogP contribution in [0.4, 0.5) is 5.69 Å². The van der Waals surface area contributed by atoms with Crippen molar-refractivity contribution >= 4 is 23.1 Å². The van der Waals surface area contributed by atoms with E-state index in [0.717, 1.165) is 36.5 Å². The zero-order chi connectivity index (χ0) is 9.97. The summed E-state index contributed by atoms with van der Waals surface area (Å²) in [5.74, 6) is 0.707. The van der Waals surface area contributed by atoms with E-state index in [2.05, 4.69) is 0 Å². The van der Waals surface area contributed by atoms with Gasteiger partial charge in [-0.25, -0.2) is 0 Å². The van der Waals surface area contributed by atoms with E-state index >= 15 is 0 Å². The predicted molar refractivity (Wildman–Crippen MR) is 60.4 cm³/mol. The van der Waals surface area contributed by atoms with E-state index in [1.807, 2.05) is 29.2 Å². The van der Waals surface area contributed by atoms with Crippen LogP contribution in [-0.4, -0.2) is 12.4 Å². The molecule has 1 aromatic carbocycles. The lowest BCUT2D eigenvalue weighted by Crippen LogP contribution is -2.34. The molecule has 1 saturated heterocycles. The minimum atomic E-state index is 0.707. The van der Waals surface area contributed by atoms with Gasteiger partial charge in [0.1, 0.15) is 5.84 Å². The highest BCUT2D eigenvalue weighted by atomic mass is 35.5. The molecule has 2 rings (SSSR count). The Bertz CT molecular complexity index is 349. The van der Waals surface area contributed by atoms with Crippen molar-refractivity contribution in [1.29, 1.82) is 5.41 Å². The van der Waals surface area contributed by atoms with Crippen LogP contribution >= 0.6 is 11.6 Å². The number of benzene rings is 1. The minimum absolute atomic E-state index is 0.707. The van der Waals surface area contributed by atoms with Gasteiger partial charge in [0.15, 0.2) is 0 Å². The Morgan fingerprint density at radius 3 is 2.86 bits per heavy atom. The van der Waals surface area contributed by atoms with Gasteiger partial charge < -0.3 is 4.90 Å². The molecule has 14 heavy (non-hydrogen) atoms. The van der Waals surface area contributed by atoms with Gasteiger partial charge >= 0.3 is 0 Å². The number of nitrogens with one attached hydrogen (secondary N) is 1. The first kappa shape index (κ1) is 9.53. The van der Waals surface area contributed by atoms with Crippen molar-refractivity contribution in [3.05, 3.63) is 29.3 Å². The third kappa shape index (κ3) is 1.90. The maximum atomic E-state index is 7.84. The van der Waals surface area contributed by atoms with Crippen molar-refractivity contribution in [3.8, 4) is 0 Å². The van der Waals surface area contributed by atoms with Crippen molar-refractivity contribution < 1.29 is 0 Å². The van der Waals surface area contributed by atoms with Crippen molar-refractivity contribution in [1.82, 2.24) is 0 Å².